The first kappa shape index (κ1) is 15.7. The number of anilines is 1. The molecule has 0 fully saturated rings. The molecule has 0 aliphatic heterocycles. The van der Waals surface area contributed by atoms with Crippen molar-refractivity contribution in [3.8, 4) is 5.75 Å². The minimum Gasteiger partial charge on any atom is -0.455 e. The summed E-state index contributed by atoms with van der Waals surface area (Å²) in [5.41, 5.74) is 1.01. The van der Waals surface area contributed by atoms with Crippen LogP contribution in [0.1, 0.15) is 6.92 Å². The summed E-state index contributed by atoms with van der Waals surface area (Å²) in [5.74, 6) is 0.661. The molecule has 0 saturated heterocycles. The van der Waals surface area contributed by atoms with Crippen molar-refractivity contribution in [2.24, 2.45) is 0 Å². The number of hydrogen-bond donors (Lipinski definition) is 2. The number of amides is 1. The molecule has 1 amide bonds. The highest BCUT2D eigenvalue weighted by Crippen LogP contribution is 2.11. The van der Waals surface area contributed by atoms with Gasteiger partial charge in [0.15, 0.2) is 0 Å². The molecule has 116 valence electrons. The summed E-state index contributed by atoms with van der Waals surface area (Å²) in [6.07, 6.45) is -1.15. The number of hydrogen-bond acceptors (Lipinski definition) is 4. The van der Waals surface area contributed by atoms with Crippen LogP contribution in [-0.4, -0.2) is 25.5 Å². The summed E-state index contributed by atoms with van der Waals surface area (Å²) in [6.45, 7) is 2.76. The predicted molar refractivity (Wildman–Crippen MR) is 85.9 cm³/mol. The molecule has 2 aromatic rings. The van der Waals surface area contributed by atoms with Gasteiger partial charge in [-0.05, 0) is 24.3 Å². The third-order valence-corrected chi connectivity index (χ3v) is 2.82. The maximum Gasteiger partial charge on any atom is 0.410 e. The molecule has 0 spiro atoms. The van der Waals surface area contributed by atoms with Crippen molar-refractivity contribution >= 4 is 11.8 Å². The summed E-state index contributed by atoms with van der Waals surface area (Å²) in [7, 11) is 0. The Morgan fingerprint density at radius 3 is 2.32 bits per heavy atom. The topological polar surface area (TPSA) is 59.6 Å². The Bertz CT molecular complexity index is 561. The van der Waals surface area contributed by atoms with E-state index in [9.17, 15) is 4.79 Å². The summed E-state index contributed by atoms with van der Waals surface area (Å²) < 4.78 is 10.6. The van der Waals surface area contributed by atoms with Crippen molar-refractivity contribution in [2.45, 2.75) is 13.2 Å². The highest BCUT2D eigenvalue weighted by atomic mass is 16.7. The second-order valence-electron chi connectivity index (χ2n) is 4.62. The molecule has 2 rings (SSSR count). The molecule has 0 bridgehead atoms. The predicted octanol–water partition coefficient (Wildman–Crippen LogP) is 3.25. The van der Waals surface area contributed by atoms with Gasteiger partial charge in [0, 0.05) is 25.7 Å². The van der Waals surface area contributed by atoms with Gasteiger partial charge in [0.2, 0.25) is 6.29 Å². The molecule has 0 aliphatic rings. The Morgan fingerprint density at radius 1 is 1.00 bits per heavy atom. The van der Waals surface area contributed by atoms with E-state index in [4.69, 9.17) is 9.47 Å². The lowest BCUT2D eigenvalue weighted by Crippen LogP contribution is -2.33. The van der Waals surface area contributed by atoms with Crippen LogP contribution in [0.4, 0.5) is 10.5 Å². The standard InChI is InChI=1S/C17H20N2O3/c1-14(21-16-10-6-3-7-11-16)22-17(20)19-13-12-18-15-8-4-2-5-9-15/h2-11,14,18H,12-13H2,1H3,(H,19,20). The lowest BCUT2D eigenvalue weighted by atomic mass is 10.3. The Hall–Kier alpha value is -2.69. The van der Waals surface area contributed by atoms with Gasteiger partial charge in [-0.1, -0.05) is 36.4 Å². The van der Waals surface area contributed by atoms with Crippen LogP contribution in [0.15, 0.2) is 60.7 Å². The van der Waals surface area contributed by atoms with Gasteiger partial charge in [-0.15, -0.1) is 0 Å². The summed E-state index contributed by atoms with van der Waals surface area (Å²) >= 11 is 0. The summed E-state index contributed by atoms with van der Waals surface area (Å²) in [5, 5.41) is 5.86. The van der Waals surface area contributed by atoms with E-state index in [2.05, 4.69) is 10.6 Å². The first-order valence-electron chi connectivity index (χ1n) is 7.19. The van der Waals surface area contributed by atoms with Gasteiger partial charge in [0.05, 0.1) is 0 Å². The van der Waals surface area contributed by atoms with Gasteiger partial charge in [0.25, 0.3) is 0 Å². The van der Waals surface area contributed by atoms with Crippen LogP contribution >= 0.6 is 0 Å². The first-order valence-corrected chi connectivity index (χ1v) is 7.19. The van der Waals surface area contributed by atoms with Crippen molar-refractivity contribution in [1.82, 2.24) is 5.32 Å². The fourth-order valence-electron chi connectivity index (χ4n) is 1.83. The highest BCUT2D eigenvalue weighted by Gasteiger charge is 2.09. The van der Waals surface area contributed by atoms with Crippen molar-refractivity contribution in [2.75, 3.05) is 18.4 Å². The largest absolute Gasteiger partial charge is 0.455 e. The Kier molecular flexibility index (Phi) is 6.11. The number of ether oxygens (including phenoxy) is 2. The number of nitrogens with one attached hydrogen (secondary N) is 2. The second kappa shape index (κ2) is 8.56. The van der Waals surface area contributed by atoms with Crippen LogP contribution in [0, 0.1) is 0 Å². The van der Waals surface area contributed by atoms with Gasteiger partial charge in [-0.3, -0.25) is 0 Å². The molecule has 5 nitrogen and oxygen atoms in total. The third kappa shape index (κ3) is 5.75. The maximum absolute atomic E-state index is 11.6. The fraction of sp³-hybridized carbons (Fsp3) is 0.235. The smallest absolute Gasteiger partial charge is 0.410 e. The molecule has 1 atom stereocenters. The molecule has 0 radical (unpaired) electrons. The van der Waals surface area contributed by atoms with E-state index in [1.807, 2.05) is 60.7 Å². The number of benzene rings is 2. The van der Waals surface area contributed by atoms with Crippen molar-refractivity contribution < 1.29 is 14.3 Å². The molecule has 2 N–H and O–H groups in total. The van der Waals surface area contributed by atoms with E-state index >= 15 is 0 Å². The minimum atomic E-state index is -0.649. The average Bonchev–Trinajstić information content (AvgIpc) is 2.53. The number of carbonyl (C=O) groups is 1. The quantitative estimate of drug-likeness (QED) is 0.609. The van der Waals surface area contributed by atoms with Crippen molar-refractivity contribution in [3.05, 3.63) is 60.7 Å². The highest BCUT2D eigenvalue weighted by molar-refractivity contribution is 5.67. The first-order chi connectivity index (χ1) is 10.7. The number of alkyl carbamates (subject to hydrolysis) is 1. The lowest BCUT2D eigenvalue weighted by molar-refractivity contribution is -0.0179. The van der Waals surface area contributed by atoms with E-state index in [1.54, 1.807) is 6.92 Å². The van der Waals surface area contributed by atoms with Crippen LogP contribution in [0.3, 0.4) is 0 Å². The van der Waals surface area contributed by atoms with E-state index in [0.29, 0.717) is 18.8 Å². The molecular formula is C17H20N2O3. The van der Waals surface area contributed by atoms with E-state index in [1.165, 1.54) is 0 Å². The summed E-state index contributed by atoms with van der Waals surface area (Å²) in [6, 6.07) is 19.0. The molecule has 0 aliphatic carbocycles. The Labute approximate surface area is 130 Å². The van der Waals surface area contributed by atoms with Crippen LogP contribution in [0.2, 0.25) is 0 Å². The number of carbonyl (C=O) groups excluding carboxylic acids is 1. The number of rotatable bonds is 7. The third-order valence-electron chi connectivity index (χ3n) is 2.82. The monoisotopic (exact) mass is 300 g/mol. The van der Waals surface area contributed by atoms with Gasteiger partial charge < -0.3 is 20.1 Å². The molecule has 5 heteroatoms. The van der Waals surface area contributed by atoms with Crippen LogP contribution in [0.5, 0.6) is 5.75 Å². The van der Waals surface area contributed by atoms with Crippen LogP contribution in [0.25, 0.3) is 0 Å². The van der Waals surface area contributed by atoms with E-state index in [-0.39, 0.29) is 0 Å². The molecule has 0 heterocycles. The maximum atomic E-state index is 11.6. The Balaban J connectivity index is 1.61. The van der Waals surface area contributed by atoms with E-state index in [0.717, 1.165) is 5.69 Å². The molecule has 2 aromatic carbocycles. The fourth-order valence-corrected chi connectivity index (χ4v) is 1.83. The van der Waals surface area contributed by atoms with Gasteiger partial charge in [0.1, 0.15) is 5.75 Å². The van der Waals surface area contributed by atoms with E-state index < -0.39 is 12.4 Å². The molecule has 1 unspecified atom stereocenters. The van der Waals surface area contributed by atoms with Gasteiger partial charge in [-0.2, -0.15) is 0 Å². The molecule has 0 saturated carbocycles. The van der Waals surface area contributed by atoms with Gasteiger partial charge in [-0.25, -0.2) is 4.79 Å². The zero-order valence-electron chi connectivity index (χ0n) is 12.5. The summed E-state index contributed by atoms with van der Waals surface area (Å²) in [4.78, 5) is 11.6. The normalized spacial score (nSPS) is 11.3. The second-order valence-corrected chi connectivity index (χ2v) is 4.62. The van der Waals surface area contributed by atoms with Gasteiger partial charge >= 0.3 is 6.09 Å². The van der Waals surface area contributed by atoms with Crippen molar-refractivity contribution in [1.29, 1.82) is 0 Å². The molecule has 0 aromatic heterocycles. The zero-order chi connectivity index (χ0) is 15.6. The lowest BCUT2D eigenvalue weighted by Gasteiger charge is -2.15. The number of para-hydroxylation sites is 2. The Morgan fingerprint density at radius 2 is 1.64 bits per heavy atom. The molecular weight excluding hydrogens is 280 g/mol. The SMILES string of the molecule is CC(OC(=O)NCCNc1ccccc1)Oc1ccccc1. The van der Waals surface area contributed by atoms with Crippen LogP contribution in [-0.2, 0) is 4.74 Å². The molecule has 22 heavy (non-hydrogen) atoms. The van der Waals surface area contributed by atoms with Crippen molar-refractivity contribution in [3.63, 3.8) is 0 Å². The minimum absolute atomic E-state index is 0.464. The van der Waals surface area contributed by atoms with Crippen LogP contribution < -0.4 is 15.4 Å². The average molecular weight is 300 g/mol. The zero-order valence-corrected chi connectivity index (χ0v) is 12.5.